The number of thiophene rings is 1. The molecule has 0 saturated heterocycles. The molecule has 1 aromatic rings. The van der Waals surface area contributed by atoms with Gasteiger partial charge >= 0.3 is 0 Å². The second-order valence-corrected chi connectivity index (χ2v) is 6.36. The third-order valence-corrected chi connectivity index (χ3v) is 4.86. The van der Waals surface area contributed by atoms with Gasteiger partial charge < -0.3 is 14.7 Å². The molecule has 1 amide bonds. The maximum absolute atomic E-state index is 12.3. The molecule has 21 heavy (non-hydrogen) atoms. The van der Waals surface area contributed by atoms with Crippen LogP contribution in [0.5, 0.6) is 0 Å². The van der Waals surface area contributed by atoms with Crippen LogP contribution >= 0.6 is 11.3 Å². The predicted molar refractivity (Wildman–Crippen MR) is 83.0 cm³/mol. The van der Waals surface area contributed by atoms with E-state index in [4.69, 9.17) is 9.84 Å². The Kier molecular flexibility index (Phi) is 5.40. The summed E-state index contributed by atoms with van der Waals surface area (Å²) in [5, 5.41) is 10.7. The molecular weight excluding hydrogens is 286 g/mol. The van der Waals surface area contributed by atoms with Gasteiger partial charge in [-0.25, -0.2) is 0 Å². The molecule has 1 aromatic heterocycles. The van der Waals surface area contributed by atoms with Crippen molar-refractivity contribution in [2.75, 3.05) is 20.8 Å². The average Bonchev–Trinajstić information content (AvgIpc) is 2.87. The van der Waals surface area contributed by atoms with Crippen molar-refractivity contribution in [3.63, 3.8) is 0 Å². The number of carbonyl (C=O) groups is 1. The average molecular weight is 307 g/mol. The van der Waals surface area contributed by atoms with Crippen LogP contribution in [0.1, 0.15) is 36.1 Å². The van der Waals surface area contributed by atoms with Crippen LogP contribution in [0, 0.1) is 11.8 Å². The highest BCUT2D eigenvalue weighted by molar-refractivity contribution is 7.10. The van der Waals surface area contributed by atoms with Crippen LogP contribution < -0.4 is 0 Å². The van der Waals surface area contributed by atoms with E-state index >= 15 is 0 Å². The van der Waals surface area contributed by atoms with Gasteiger partial charge in [0.05, 0.1) is 16.9 Å². The van der Waals surface area contributed by atoms with Crippen LogP contribution in [-0.2, 0) is 16.1 Å². The predicted octanol–water partition coefficient (Wildman–Crippen LogP) is 2.01. The van der Waals surface area contributed by atoms with Crippen LogP contribution in [-0.4, -0.2) is 42.3 Å². The SMILES string of the molecule is COC1(CC(=O)N(C)Cc2csc(C#CCO)c2)CCC1. The summed E-state index contributed by atoms with van der Waals surface area (Å²) in [6.07, 6.45) is 3.55. The molecular formula is C16H21NO3S. The van der Waals surface area contributed by atoms with Gasteiger partial charge in [0.2, 0.25) is 5.91 Å². The second kappa shape index (κ2) is 7.08. The normalized spacial score (nSPS) is 15.8. The molecule has 0 aliphatic heterocycles. The second-order valence-electron chi connectivity index (χ2n) is 5.45. The van der Waals surface area contributed by atoms with E-state index in [-0.39, 0.29) is 18.1 Å². The summed E-state index contributed by atoms with van der Waals surface area (Å²) < 4.78 is 5.51. The molecule has 2 rings (SSSR count). The summed E-state index contributed by atoms with van der Waals surface area (Å²) in [6.45, 7) is 0.445. The Bertz CT molecular complexity index is 546. The highest BCUT2D eigenvalue weighted by atomic mass is 32.1. The van der Waals surface area contributed by atoms with Crippen molar-refractivity contribution in [1.82, 2.24) is 4.90 Å². The van der Waals surface area contributed by atoms with Gasteiger partial charge in [0, 0.05) is 20.7 Å². The summed E-state index contributed by atoms with van der Waals surface area (Å²) in [7, 11) is 3.51. The molecule has 4 nitrogen and oxygen atoms in total. The van der Waals surface area contributed by atoms with E-state index in [1.807, 2.05) is 18.5 Å². The number of methoxy groups -OCH3 is 1. The number of ether oxygens (including phenoxy) is 1. The lowest BCUT2D eigenvalue weighted by Gasteiger charge is -2.40. The van der Waals surface area contributed by atoms with Crippen molar-refractivity contribution >= 4 is 17.2 Å². The van der Waals surface area contributed by atoms with Gasteiger partial charge in [0.25, 0.3) is 0 Å². The van der Waals surface area contributed by atoms with Gasteiger partial charge in [0.1, 0.15) is 6.61 Å². The Hall–Kier alpha value is -1.35. The molecule has 1 fully saturated rings. The Balaban J connectivity index is 1.89. The van der Waals surface area contributed by atoms with E-state index in [1.54, 1.807) is 12.0 Å². The van der Waals surface area contributed by atoms with Crippen molar-refractivity contribution in [1.29, 1.82) is 0 Å². The zero-order valence-electron chi connectivity index (χ0n) is 12.5. The number of aliphatic hydroxyl groups excluding tert-OH is 1. The van der Waals surface area contributed by atoms with Gasteiger partial charge in [-0.2, -0.15) is 0 Å². The molecule has 0 radical (unpaired) electrons. The van der Waals surface area contributed by atoms with E-state index < -0.39 is 0 Å². The van der Waals surface area contributed by atoms with Gasteiger partial charge in [-0.3, -0.25) is 4.79 Å². The van der Waals surface area contributed by atoms with Gasteiger partial charge in [0.15, 0.2) is 0 Å². The monoisotopic (exact) mass is 307 g/mol. The van der Waals surface area contributed by atoms with Crippen LogP contribution in [0.4, 0.5) is 0 Å². The van der Waals surface area contributed by atoms with Crippen molar-refractivity contribution in [3.05, 3.63) is 21.9 Å². The molecule has 0 unspecified atom stereocenters. The van der Waals surface area contributed by atoms with E-state index in [0.29, 0.717) is 13.0 Å². The number of aliphatic hydroxyl groups is 1. The first-order valence-electron chi connectivity index (χ1n) is 7.05. The van der Waals surface area contributed by atoms with Gasteiger partial charge in [-0.1, -0.05) is 11.8 Å². The maximum Gasteiger partial charge on any atom is 0.225 e. The fourth-order valence-corrected chi connectivity index (χ4v) is 3.22. The minimum Gasteiger partial charge on any atom is -0.384 e. The van der Waals surface area contributed by atoms with Crippen LogP contribution in [0.25, 0.3) is 0 Å². The van der Waals surface area contributed by atoms with Crippen molar-refractivity contribution < 1.29 is 14.6 Å². The number of nitrogens with zero attached hydrogens (tertiary/aromatic N) is 1. The lowest BCUT2D eigenvalue weighted by molar-refractivity contribution is -0.143. The number of carbonyl (C=O) groups excluding carboxylic acids is 1. The third kappa shape index (κ3) is 4.07. The fraction of sp³-hybridized carbons (Fsp3) is 0.562. The summed E-state index contributed by atoms with van der Waals surface area (Å²) in [4.78, 5) is 14.9. The highest BCUT2D eigenvalue weighted by Gasteiger charge is 2.39. The lowest BCUT2D eigenvalue weighted by atomic mass is 9.77. The first kappa shape index (κ1) is 16.0. The fourth-order valence-electron chi connectivity index (χ4n) is 2.45. The van der Waals surface area contributed by atoms with Crippen molar-refractivity contribution in [3.8, 4) is 11.8 Å². The molecule has 0 bridgehead atoms. The molecule has 1 aliphatic carbocycles. The highest BCUT2D eigenvalue weighted by Crippen LogP contribution is 2.38. The number of hydrogen-bond donors (Lipinski definition) is 1. The smallest absolute Gasteiger partial charge is 0.225 e. The minimum absolute atomic E-state index is 0.116. The first-order chi connectivity index (χ1) is 10.1. The zero-order valence-corrected chi connectivity index (χ0v) is 13.3. The Labute approximate surface area is 129 Å². The van der Waals surface area contributed by atoms with Crippen LogP contribution in [0.2, 0.25) is 0 Å². The topological polar surface area (TPSA) is 49.8 Å². The zero-order chi connectivity index (χ0) is 15.3. The minimum atomic E-state index is -0.224. The van der Waals surface area contributed by atoms with E-state index in [2.05, 4.69) is 11.8 Å². The summed E-state index contributed by atoms with van der Waals surface area (Å²) >= 11 is 1.53. The molecule has 0 atom stereocenters. The summed E-state index contributed by atoms with van der Waals surface area (Å²) in [5.41, 5.74) is 0.843. The number of hydrogen-bond acceptors (Lipinski definition) is 4. The van der Waals surface area contributed by atoms with E-state index in [1.165, 1.54) is 11.3 Å². The Morgan fingerprint density at radius 2 is 2.33 bits per heavy atom. The molecule has 1 heterocycles. The molecule has 1 saturated carbocycles. The standard InChI is InChI=1S/C16H21NO3S/c1-17(15(19)10-16(20-2)6-4-7-16)11-13-9-14(21-12-13)5-3-8-18/h9,12,18H,4,6-8,10-11H2,1-2H3. The quantitative estimate of drug-likeness (QED) is 0.847. The first-order valence-corrected chi connectivity index (χ1v) is 7.93. The van der Waals surface area contributed by atoms with Crippen LogP contribution in [0.3, 0.4) is 0 Å². The van der Waals surface area contributed by atoms with Crippen molar-refractivity contribution in [2.24, 2.45) is 0 Å². The number of rotatable bonds is 5. The van der Waals surface area contributed by atoms with E-state index in [0.717, 1.165) is 29.7 Å². The number of amides is 1. The molecule has 114 valence electrons. The molecule has 1 N–H and O–H groups in total. The third-order valence-electron chi connectivity index (χ3n) is 3.96. The molecule has 5 heteroatoms. The van der Waals surface area contributed by atoms with Crippen LogP contribution in [0.15, 0.2) is 11.4 Å². The lowest BCUT2D eigenvalue weighted by Crippen LogP contribution is -2.44. The van der Waals surface area contributed by atoms with Gasteiger partial charge in [-0.15, -0.1) is 11.3 Å². The molecule has 0 aromatic carbocycles. The Morgan fingerprint density at radius 3 is 2.90 bits per heavy atom. The van der Waals surface area contributed by atoms with Gasteiger partial charge in [-0.05, 0) is 36.3 Å². The summed E-state index contributed by atoms with van der Waals surface area (Å²) in [6, 6.07) is 1.96. The van der Waals surface area contributed by atoms with E-state index in [9.17, 15) is 4.79 Å². The van der Waals surface area contributed by atoms with Crippen molar-refractivity contribution in [2.45, 2.75) is 37.8 Å². The molecule has 0 spiro atoms. The maximum atomic E-state index is 12.3. The largest absolute Gasteiger partial charge is 0.384 e. The summed E-state index contributed by atoms with van der Waals surface area (Å²) in [5.74, 6) is 5.62. The Morgan fingerprint density at radius 1 is 1.57 bits per heavy atom. The molecule has 1 aliphatic rings.